The van der Waals surface area contributed by atoms with Gasteiger partial charge < -0.3 is 11.1 Å². The summed E-state index contributed by atoms with van der Waals surface area (Å²) in [6.07, 6.45) is 1.06. The van der Waals surface area contributed by atoms with Gasteiger partial charge in [-0.05, 0) is 72.1 Å². The molecule has 0 aliphatic carbocycles. The number of halogens is 1. The number of nitrogen functional groups attached to an aromatic ring is 1. The largest absolute Gasteiger partial charge is 0.399 e. The number of amides is 1. The first-order valence-electron chi connectivity index (χ1n) is 8.13. The van der Waals surface area contributed by atoms with Gasteiger partial charge in [-0.3, -0.25) is 9.69 Å². The summed E-state index contributed by atoms with van der Waals surface area (Å²) in [5, 5.41) is 3.01. The number of nitrogens with zero attached hydrogens (tertiary/aromatic N) is 1. The molecule has 24 heavy (non-hydrogen) atoms. The molecule has 2 atom stereocenters. The van der Waals surface area contributed by atoms with Gasteiger partial charge in [-0.25, -0.2) is 0 Å². The number of carbonyl (C=O) groups is 1. The summed E-state index contributed by atoms with van der Waals surface area (Å²) in [5.74, 6) is -0.0492. The normalized spacial score (nSPS) is 20.6. The highest BCUT2D eigenvalue weighted by Gasteiger charge is 2.30. The van der Waals surface area contributed by atoms with E-state index in [1.54, 1.807) is 24.3 Å². The van der Waals surface area contributed by atoms with Crippen molar-refractivity contribution in [3.8, 4) is 0 Å². The van der Waals surface area contributed by atoms with Gasteiger partial charge >= 0.3 is 0 Å². The molecule has 1 aliphatic heterocycles. The minimum absolute atomic E-state index is 0.0492. The zero-order chi connectivity index (χ0) is 17.3. The summed E-state index contributed by atoms with van der Waals surface area (Å²) in [4.78, 5) is 16.1. The highest BCUT2D eigenvalue weighted by Crippen LogP contribution is 2.39. The highest BCUT2D eigenvalue weighted by molar-refractivity contribution is 9.11. The Bertz CT molecular complexity index is 728. The van der Waals surface area contributed by atoms with Crippen LogP contribution in [0.5, 0.6) is 0 Å². The van der Waals surface area contributed by atoms with E-state index in [4.69, 9.17) is 5.73 Å². The van der Waals surface area contributed by atoms with Crippen LogP contribution in [0.2, 0.25) is 0 Å². The number of benzene rings is 1. The van der Waals surface area contributed by atoms with Crippen LogP contribution in [0.4, 0.5) is 5.69 Å². The van der Waals surface area contributed by atoms with Crippen LogP contribution >= 0.6 is 27.3 Å². The van der Waals surface area contributed by atoms with E-state index in [9.17, 15) is 4.79 Å². The van der Waals surface area contributed by atoms with Crippen LogP contribution in [0, 0.1) is 0 Å². The summed E-state index contributed by atoms with van der Waals surface area (Å²) in [5.41, 5.74) is 8.42. The first kappa shape index (κ1) is 17.5. The Hall–Kier alpha value is -1.37. The Morgan fingerprint density at radius 2 is 2.08 bits per heavy atom. The monoisotopic (exact) mass is 407 g/mol. The Kier molecular flexibility index (Phi) is 5.27. The van der Waals surface area contributed by atoms with Gasteiger partial charge in [0.2, 0.25) is 0 Å². The number of anilines is 1. The molecule has 0 saturated carbocycles. The van der Waals surface area contributed by atoms with E-state index in [-0.39, 0.29) is 5.91 Å². The molecular formula is C18H22BrN3OS. The molecule has 128 valence electrons. The molecule has 0 radical (unpaired) electrons. The average Bonchev–Trinajstić information content (AvgIpc) is 2.91. The van der Waals surface area contributed by atoms with Gasteiger partial charge in [0.05, 0.1) is 3.79 Å². The summed E-state index contributed by atoms with van der Waals surface area (Å²) >= 11 is 5.41. The lowest BCUT2D eigenvalue weighted by atomic mass is 9.97. The van der Waals surface area contributed by atoms with Crippen LogP contribution in [0.1, 0.15) is 40.7 Å². The van der Waals surface area contributed by atoms with E-state index in [0.29, 0.717) is 29.9 Å². The fourth-order valence-electron chi connectivity index (χ4n) is 3.34. The van der Waals surface area contributed by atoms with Gasteiger partial charge in [0.1, 0.15) is 0 Å². The topological polar surface area (TPSA) is 58.4 Å². The summed E-state index contributed by atoms with van der Waals surface area (Å²) in [6.45, 7) is 5.99. The predicted molar refractivity (Wildman–Crippen MR) is 103 cm³/mol. The summed E-state index contributed by atoms with van der Waals surface area (Å²) in [6, 6.07) is 10.1. The minimum atomic E-state index is -0.0492. The Labute approximate surface area is 155 Å². The standard InChI is InChI=1S/C18H22BrN3OS/c1-11-9-14-10-16(19)24-17(14)12(2)22(11)8-7-21-18(23)13-3-5-15(20)6-4-13/h3-6,10-12H,7-9,20H2,1-2H3,(H,21,23). The molecule has 2 aromatic rings. The SMILES string of the molecule is CC1Cc2cc(Br)sc2C(C)N1CCNC(=O)c1ccc(N)cc1. The van der Waals surface area contributed by atoms with Crippen molar-refractivity contribution in [3.05, 3.63) is 50.1 Å². The number of rotatable bonds is 4. The smallest absolute Gasteiger partial charge is 0.251 e. The fourth-order valence-corrected chi connectivity index (χ4v) is 5.13. The number of carbonyl (C=O) groups excluding carboxylic acids is 1. The Balaban J connectivity index is 1.58. The van der Waals surface area contributed by atoms with E-state index in [1.165, 1.54) is 14.2 Å². The van der Waals surface area contributed by atoms with Gasteiger partial charge in [-0.2, -0.15) is 0 Å². The molecule has 2 heterocycles. The van der Waals surface area contributed by atoms with Crippen LogP contribution in [0.25, 0.3) is 0 Å². The van der Waals surface area contributed by atoms with Crippen molar-refractivity contribution in [2.45, 2.75) is 32.4 Å². The molecule has 0 bridgehead atoms. The second-order valence-corrected chi connectivity index (χ2v) is 8.75. The van der Waals surface area contributed by atoms with Crippen LogP contribution < -0.4 is 11.1 Å². The lowest BCUT2D eigenvalue weighted by Crippen LogP contribution is -2.44. The van der Waals surface area contributed by atoms with Gasteiger partial charge in [-0.1, -0.05) is 0 Å². The van der Waals surface area contributed by atoms with Crippen molar-refractivity contribution >= 4 is 38.9 Å². The quantitative estimate of drug-likeness (QED) is 0.756. The lowest BCUT2D eigenvalue weighted by Gasteiger charge is -2.38. The molecule has 3 rings (SSSR count). The number of hydrogen-bond acceptors (Lipinski definition) is 4. The lowest BCUT2D eigenvalue weighted by molar-refractivity contribution is 0.0930. The van der Waals surface area contributed by atoms with E-state index < -0.39 is 0 Å². The molecule has 1 aromatic carbocycles. The predicted octanol–water partition coefficient (Wildman–Crippen LogP) is 3.83. The first-order valence-corrected chi connectivity index (χ1v) is 9.74. The molecule has 0 saturated heterocycles. The zero-order valence-electron chi connectivity index (χ0n) is 13.9. The minimum Gasteiger partial charge on any atom is -0.399 e. The van der Waals surface area contributed by atoms with Crippen LogP contribution in [-0.4, -0.2) is 29.9 Å². The summed E-state index contributed by atoms with van der Waals surface area (Å²) < 4.78 is 1.20. The number of hydrogen-bond donors (Lipinski definition) is 2. The maximum absolute atomic E-state index is 12.2. The third-order valence-corrected chi connectivity index (χ3v) is 6.45. The van der Waals surface area contributed by atoms with E-state index in [0.717, 1.165) is 13.0 Å². The van der Waals surface area contributed by atoms with Gasteiger partial charge in [0.15, 0.2) is 0 Å². The third-order valence-electron chi connectivity index (χ3n) is 4.60. The first-order chi connectivity index (χ1) is 11.5. The maximum atomic E-state index is 12.2. The Morgan fingerprint density at radius 1 is 1.38 bits per heavy atom. The molecule has 0 fully saturated rings. The van der Waals surface area contributed by atoms with Gasteiger partial charge in [-0.15, -0.1) is 11.3 Å². The van der Waals surface area contributed by atoms with E-state index in [1.807, 2.05) is 11.3 Å². The third kappa shape index (κ3) is 3.66. The zero-order valence-corrected chi connectivity index (χ0v) is 16.3. The molecular weight excluding hydrogens is 386 g/mol. The molecule has 2 unspecified atom stereocenters. The van der Waals surface area contributed by atoms with Crippen molar-refractivity contribution in [1.29, 1.82) is 0 Å². The van der Waals surface area contributed by atoms with Crippen LogP contribution in [0.15, 0.2) is 34.1 Å². The second kappa shape index (κ2) is 7.25. The number of nitrogens with two attached hydrogens (primary N) is 1. The van der Waals surface area contributed by atoms with Crippen molar-refractivity contribution in [2.24, 2.45) is 0 Å². The number of nitrogens with one attached hydrogen (secondary N) is 1. The molecule has 6 heteroatoms. The molecule has 1 aliphatic rings. The molecule has 4 nitrogen and oxygen atoms in total. The van der Waals surface area contributed by atoms with Crippen LogP contribution in [0.3, 0.4) is 0 Å². The molecule has 3 N–H and O–H groups in total. The van der Waals surface area contributed by atoms with Gasteiger partial charge in [0.25, 0.3) is 5.91 Å². The number of fused-ring (bicyclic) bond motifs is 1. The van der Waals surface area contributed by atoms with Crippen molar-refractivity contribution in [3.63, 3.8) is 0 Å². The van der Waals surface area contributed by atoms with Gasteiger partial charge in [0, 0.05) is 41.3 Å². The molecule has 1 amide bonds. The number of thiophene rings is 1. The van der Waals surface area contributed by atoms with Crippen molar-refractivity contribution in [1.82, 2.24) is 10.2 Å². The molecule has 1 aromatic heterocycles. The van der Waals surface area contributed by atoms with E-state index >= 15 is 0 Å². The maximum Gasteiger partial charge on any atom is 0.251 e. The Morgan fingerprint density at radius 3 is 2.79 bits per heavy atom. The van der Waals surface area contributed by atoms with Crippen LogP contribution in [-0.2, 0) is 6.42 Å². The van der Waals surface area contributed by atoms with E-state index in [2.05, 4.69) is 46.1 Å². The molecule has 0 spiro atoms. The summed E-state index contributed by atoms with van der Waals surface area (Å²) in [7, 11) is 0. The second-order valence-electron chi connectivity index (χ2n) is 6.28. The van der Waals surface area contributed by atoms with Crippen molar-refractivity contribution in [2.75, 3.05) is 18.8 Å². The highest BCUT2D eigenvalue weighted by atomic mass is 79.9. The average molecular weight is 408 g/mol. The fraction of sp³-hybridized carbons (Fsp3) is 0.389. The van der Waals surface area contributed by atoms with Crippen molar-refractivity contribution < 1.29 is 4.79 Å².